The highest BCUT2D eigenvalue weighted by Gasteiger charge is 2.30. The molecule has 1 unspecified atom stereocenters. The molecule has 1 aliphatic rings. The summed E-state index contributed by atoms with van der Waals surface area (Å²) in [5.41, 5.74) is 0.802. The molecule has 0 spiro atoms. The van der Waals surface area contributed by atoms with Crippen molar-refractivity contribution in [3.8, 4) is 11.5 Å². The Balaban J connectivity index is 1.70. The second kappa shape index (κ2) is 6.08. The SMILES string of the molecule is O=S(=O)(CC1CO1)c1ccc(Oc2ccc(CO)cc2)cc1. The van der Waals surface area contributed by atoms with Crippen molar-refractivity contribution in [3.63, 3.8) is 0 Å². The summed E-state index contributed by atoms with van der Waals surface area (Å²) < 4.78 is 34.8. The van der Waals surface area contributed by atoms with Gasteiger partial charge < -0.3 is 14.6 Å². The van der Waals surface area contributed by atoms with E-state index in [1.165, 1.54) is 12.1 Å². The molecule has 5 nitrogen and oxygen atoms in total. The number of aliphatic hydroxyl groups excluding tert-OH is 1. The molecule has 2 aromatic rings. The smallest absolute Gasteiger partial charge is 0.181 e. The van der Waals surface area contributed by atoms with Crippen LogP contribution < -0.4 is 4.74 Å². The lowest BCUT2D eigenvalue weighted by Gasteiger charge is -2.07. The Bertz CT molecular complexity index is 731. The van der Waals surface area contributed by atoms with Crippen LogP contribution in [0, 0.1) is 0 Å². The number of rotatable bonds is 6. The van der Waals surface area contributed by atoms with Crippen LogP contribution >= 0.6 is 0 Å². The normalized spacial score (nSPS) is 17.2. The Hall–Kier alpha value is -1.89. The highest BCUT2D eigenvalue weighted by Crippen LogP contribution is 2.25. The highest BCUT2D eigenvalue weighted by atomic mass is 32.2. The fraction of sp³-hybridized carbons (Fsp3) is 0.250. The quantitative estimate of drug-likeness (QED) is 0.825. The van der Waals surface area contributed by atoms with Gasteiger partial charge in [0, 0.05) is 0 Å². The van der Waals surface area contributed by atoms with Crippen LogP contribution in [0.1, 0.15) is 5.56 Å². The molecule has 0 aromatic heterocycles. The Kier molecular flexibility index (Phi) is 4.15. The van der Waals surface area contributed by atoms with Gasteiger partial charge >= 0.3 is 0 Å². The molecule has 0 amide bonds. The van der Waals surface area contributed by atoms with E-state index in [0.717, 1.165) is 5.56 Å². The van der Waals surface area contributed by atoms with E-state index in [2.05, 4.69) is 0 Å². The number of epoxide rings is 1. The minimum Gasteiger partial charge on any atom is -0.457 e. The minimum absolute atomic E-state index is 0.0163. The molecule has 116 valence electrons. The molecular weight excluding hydrogens is 304 g/mol. The topological polar surface area (TPSA) is 76.1 Å². The van der Waals surface area contributed by atoms with Gasteiger partial charge in [0.05, 0.1) is 30.0 Å². The summed E-state index contributed by atoms with van der Waals surface area (Å²) in [7, 11) is -3.30. The summed E-state index contributed by atoms with van der Waals surface area (Å²) in [5, 5.41) is 8.99. The van der Waals surface area contributed by atoms with E-state index in [1.54, 1.807) is 36.4 Å². The summed E-state index contributed by atoms with van der Waals surface area (Å²) >= 11 is 0. The predicted molar refractivity (Wildman–Crippen MR) is 80.7 cm³/mol. The van der Waals surface area contributed by atoms with Crippen LogP contribution in [-0.2, 0) is 21.2 Å². The van der Waals surface area contributed by atoms with Gasteiger partial charge in [-0.15, -0.1) is 0 Å². The zero-order chi connectivity index (χ0) is 15.6. The lowest BCUT2D eigenvalue weighted by atomic mass is 10.2. The van der Waals surface area contributed by atoms with E-state index in [1.807, 2.05) is 0 Å². The molecule has 1 aliphatic heterocycles. The molecule has 0 aliphatic carbocycles. The van der Waals surface area contributed by atoms with Crippen molar-refractivity contribution in [1.29, 1.82) is 0 Å². The van der Waals surface area contributed by atoms with Crippen molar-refractivity contribution < 1.29 is 23.0 Å². The van der Waals surface area contributed by atoms with Gasteiger partial charge in [0.25, 0.3) is 0 Å². The van der Waals surface area contributed by atoms with Crippen molar-refractivity contribution in [2.45, 2.75) is 17.6 Å². The van der Waals surface area contributed by atoms with Crippen LogP contribution in [-0.4, -0.2) is 32.0 Å². The zero-order valence-electron chi connectivity index (χ0n) is 11.8. The summed E-state index contributed by atoms with van der Waals surface area (Å²) in [6.45, 7) is 0.502. The van der Waals surface area contributed by atoms with E-state index < -0.39 is 9.84 Å². The third-order valence-electron chi connectivity index (χ3n) is 3.33. The Morgan fingerprint density at radius 2 is 1.59 bits per heavy atom. The molecule has 6 heteroatoms. The lowest BCUT2D eigenvalue weighted by molar-refractivity contribution is 0.281. The summed E-state index contributed by atoms with van der Waals surface area (Å²) in [5.74, 6) is 1.20. The average Bonchev–Trinajstić information content (AvgIpc) is 3.32. The number of aliphatic hydroxyl groups is 1. The molecular formula is C16H16O5S. The van der Waals surface area contributed by atoms with E-state index in [-0.39, 0.29) is 23.4 Å². The first-order chi connectivity index (χ1) is 10.6. The second-order valence-electron chi connectivity index (χ2n) is 5.11. The first-order valence-electron chi connectivity index (χ1n) is 6.89. The third-order valence-corrected chi connectivity index (χ3v) is 5.13. The first kappa shape index (κ1) is 15.0. The van der Waals surface area contributed by atoms with Crippen LogP contribution in [0.5, 0.6) is 11.5 Å². The van der Waals surface area contributed by atoms with Gasteiger partial charge in [-0.25, -0.2) is 8.42 Å². The van der Waals surface area contributed by atoms with Crippen molar-refractivity contribution in [3.05, 3.63) is 54.1 Å². The summed E-state index contributed by atoms with van der Waals surface area (Å²) in [4.78, 5) is 0.269. The monoisotopic (exact) mass is 320 g/mol. The molecule has 1 heterocycles. The zero-order valence-corrected chi connectivity index (χ0v) is 12.6. The lowest BCUT2D eigenvalue weighted by Crippen LogP contribution is -2.11. The van der Waals surface area contributed by atoms with E-state index in [4.69, 9.17) is 14.6 Å². The van der Waals surface area contributed by atoms with Gasteiger partial charge in [0.2, 0.25) is 0 Å². The molecule has 1 atom stereocenters. The maximum Gasteiger partial charge on any atom is 0.181 e. The van der Waals surface area contributed by atoms with Crippen LogP contribution in [0.3, 0.4) is 0 Å². The number of hydrogen-bond acceptors (Lipinski definition) is 5. The highest BCUT2D eigenvalue weighted by molar-refractivity contribution is 7.91. The Morgan fingerprint density at radius 1 is 1.05 bits per heavy atom. The van der Waals surface area contributed by atoms with Gasteiger partial charge in [-0.1, -0.05) is 12.1 Å². The van der Waals surface area contributed by atoms with Crippen LogP contribution in [0.15, 0.2) is 53.4 Å². The molecule has 1 saturated heterocycles. The molecule has 0 saturated carbocycles. The second-order valence-corrected chi connectivity index (χ2v) is 7.15. The fourth-order valence-corrected chi connectivity index (χ4v) is 3.44. The minimum atomic E-state index is -3.30. The molecule has 1 fully saturated rings. The number of benzene rings is 2. The molecule has 3 rings (SSSR count). The van der Waals surface area contributed by atoms with E-state index in [9.17, 15) is 8.42 Å². The number of ether oxygens (including phenoxy) is 2. The summed E-state index contributed by atoms with van der Waals surface area (Å²) in [6.07, 6.45) is -0.161. The largest absolute Gasteiger partial charge is 0.457 e. The Morgan fingerprint density at radius 3 is 2.09 bits per heavy atom. The van der Waals surface area contributed by atoms with Crippen molar-refractivity contribution in [1.82, 2.24) is 0 Å². The van der Waals surface area contributed by atoms with Gasteiger partial charge in [0.1, 0.15) is 11.5 Å². The van der Waals surface area contributed by atoms with Gasteiger partial charge in [-0.2, -0.15) is 0 Å². The van der Waals surface area contributed by atoms with Crippen molar-refractivity contribution in [2.75, 3.05) is 12.4 Å². The number of hydrogen-bond donors (Lipinski definition) is 1. The van der Waals surface area contributed by atoms with Gasteiger partial charge in [-0.3, -0.25) is 0 Å². The van der Waals surface area contributed by atoms with Gasteiger partial charge in [0.15, 0.2) is 9.84 Å². The molecule has 0 radical (unpaired) electrons. The van der Waals surface area contributed by atoms with E-state index in [0.29, 0.717) is 18.1 Å². The van der Waals surface area contributed by atoms with Crippen LogP contribution in [0.4, 0.5) is 0 Å². The van der Waals surface area contributed by atoms with Crippen LogP contribution in [0.25, 0.3) is 0 Å². The van der Waals surface area contributed by atoms with Crippen LogP contribution in [0.2, 0.25) is 0 Å². The fourth-order valence-electron chi connectivity index (χ4n) is 2.02. The van der Waals surface area contributed by atoms with E-state index >= 15 is 0 Å². The molecule has 1 N–H and O–H groups in total. The molecule has 2 aromatic carbocycles. The number of sulfone groups is 1. The molecule has 22 heavy (non-hydrogen) atoms. The standard InChI is InChI=1S/C16H16O5S/c17-9-12-1-3-13(4-2-12)21-14-5-7-16(8-6-14)22(18,19)11-15-10-20-15/h1-8,15,17H,9-11H2. The summed E-state index contributed by atoms with van der Waals surface area (Å²) in [6, 6.07) is 13.4. The van der Waals surface area contributed by atoms with Gasteiger partial charge in [-0.05, 0) is 42.0 Å². The first-order valence-corrected chi connectivity index (χ1v) is 8.54. The predicted octanol–water partition coefficient (Wildman–Crippen LogP) is 2.14. The maximum atomic E-state index is 12.1. The third kappa shape index (κ3) is 3.65. The molecule has 0 bridgehead atoms. The van der Waals surface area contributed by atoms with Crippen molar-refractivity contribution >= 4 is 9.84 Å². The maximum absolute atomic E-state index is 12.1. The van der Waals surface area contributed by atoms with Crippen molar-refractivity contribution in [2.24, 2.45) is 0 Å². The Labute approximate surface area is 129 Å². The average molecular weight is 320 g/mol.